The predicted octanol–water partition coefficient (Wildman–Crippen LogP) is 4.24. The first-order chi connectivity index (χ1) is 13.8. The fourth-order valence-electron chi connectivity index (χ4n) is 3.82. The van der Waals surface area contributed by atoms with Crippen LogP contribution in [0.2, 0.25) is 0 Å². The Hall–Kier alpha value is -3.41. The van der Waals surface area contributed by atoms with E-state index in [1.54, 1.807) is 0 Å². The Bertz CT molecular complexity index is 1080. The third-order valence-electron chi connectivity index (χ3n) is 5.28. The first-order valence-corrected chi connectivity index (χ1v) is 9.54. The average molecular weight is 372 g/mol. The van der Waals surface area contributed by atoms with Crippen molar-refractivity contribution in [3.05, 3.63) is 72.2 Å². The van der Waals surface area contributed by atoms with Crippen LogP contribution in [0.25, 0.3) is 22.4 Å². The molecule has 140 valence electrons. The minimum atomic E-state index is 0.0173. The van der Waals surface area contributed by atoms with E-state index < -0.39 is 0 Å². The number of nitrogens with zero attached hydrogens (tertiary/aromatic N) is 3. The molecule has 6 heteroatoms. The fourth-order valence-corrected chi connectivity index (χ4v) is 3.82. The number of piperidine rings is 1. The van der Waals surface area contributed by atoms with Gasteiger partial charge < -0.3 is 14.3 Å². The van der Waals surface area contributed by atoms with Crippen LogP contribution in [0.1, 0.15) is 35.1 Å². The van der Waals surface area contributed by atoms with E-state index in [0.717, 1.165) is 35.9 Å². The van der Waals surface area contributed by atoms with Crippen molar-refractivity contribution in [2.45, 2.75) is 18.8 Å². The van der Waals surface area contributed by atoms with Gasteiger partial charge in [0.15, 0.2) is 0 Å². The van der Waals surface area contributed by atoms with Gasteiger partial charge in [0.2, 0.25) is 11.8 Å². The summed E-state index contributed by atoms with van der Waals surface area (Å²) in [6.07, 6.45) is 1.85. The molecule has 1 atom stereocenters. The molecule has 0 spiro atoms. The van der Waals surface area contributed by atoms with Crippen LogP contribution < -0.4 is 0 Å². The summed E-state index contributed by atoms with van der Waals surface area (Å²) < 4.78 is 5.92. The maximum Gasteiger partial charge on any atom is 0.270 e. The maximum absolute atomic E-state index is 13.0. The van der Waals surface area contributed by atoms with Crippen molar-refractivity contribution in [2.75, 3.05) is 13.1 Å². The van der Waals surface area contributed by atoms with Crippen LogP contribution in [0.5, 0.6) is 0 Å². The standard InChI is InChI=1S/C22H20N4O2/c27-22(19-13-16-9-4-5-11-18(16)23-19)26-12-6-10-17(14-26)21-25-24-20(28-21)15-7-2-1-3-8-15/h1-5,7-9,11,13,17,23H,6,10,12,14H2/t17-/m1/s1. The molecule has 6 nitrogen and oxygen atoms in total. The third-order valence-corrected chi connectivity index (χ3v) is 5.28. The van der Waals surface area contributed by atoms with E-state index in [9.17, 15) is 4.79 Å². The number of H-pyrrole nitrogens is 1. The summed E-state index contributed by atoms with van der Waals surface area (Å²) in [5.41, 5.74) is 2.50. The predicted molar refractivity (Wildman–Crippen MR) is 106 cm³/mol. The highest BCUT2D eigenvalue weighted by Gasteiger charge is 2.29. The van der Waals surface area contributed by atoms with E-state index >= 15 is 0 Å². The second-order valence-electron chi connectivity index (χ2n) is 7.17. The zero-order valence-corrected chi connectivity index (χ0v) is 15.3. The molecule has 3 heterocycles. The zero-order valence-electron chi connectivity index (χ0n) is 15.3. The number of para-hydroxylation sites is 1. The molecule has 0 aliphatic carbocycles. The van der Waals surface area contributed by atoms with Gasteiger partial charge in [0, 0.05) is 29.6 Å². The first-order valence-electron chi connectivity index (χ1n) is 9.54. The summed E-state index contributed by atoms with van der Waals surface area (Å²) in [7, 11) is 0. The van der Waals surface area contributed by atoms with Gasteiger partial charge in [-0.2, -0.15) is 0 Å². The zero-order chi connectivity index (χ0) is 18.9. The minimum Gasteiger partial charge on any atom is -0.420 e. The number of hydrogen-bond acceptors (Lipinski definition) is 4. The summed E-state index contributed by atoms with van der Waals surface area (Å²) in [6.45, 7) is 1.33. The van der Waals surface area contributed by atoms with Crippen molar-refractivity contribution < 1.29 is 9.21 Å². The van der Waals surface area contributed by atoms with E-state index in [4.69, 9.17) is 4.42 Å². The molecule has 0 unspecified atom stereocenters. The molecule has 0 saturated carbocycles. The number of carbonyl (C=O) groups excluding carboxylic acids is 1. The van der Waals surface area contributed by atoms with Gasteiger partial charge in [0.25, 0.3) is 5.91 Å². The van der Waals surface area contributed by atoms with Crippen molar-refractivity contribution in [3.63, 3.8) is 0 Å². The summed E-state index contributed by atoms with van der Waals surface area (Å²) in [5, 5.41) is 9.49. The molecule has 1 amide bonds. The van der Waals surface area contributed by atoms with Crippen LogP contribution in [-0.4, -0.2) is 39.1 Å². The second kappa shape index (κ2) is 6.96. The summed E-state index contributed by atoms with van der Waals surface area (Å²) in [6, 6.07) is 19.6. The minimum absolute atomic E-state index is 0.0173. The Morgan fingerprint density at radius 1 is 1.07 bits per heavy atom. The molecular weight excluding hydrogens is 352 g/mol. The number of hydrogen-bond donors (Lipinski definition) is 1. The normalized spacial score (nSPS) is 17.1. The summed E-state index contributed by atoms with van der Waals surface area (Å²) >= 11 is 0. The van der Waals surface area contributed by atoms with Gasteiger partial charge in [0.1, 0.15) is 5.69 Å². The Kier molecular flexibility index (Phi) is 4.16. The van der Waals surface area contributed by atoms with Gasteiger partial charge in [0.05, 0.1) is 5.92 Å². The molecule has 5 rings (SSSR count). The van der Waals surface area contributed by atoms with Crippen LogP contribution >= 0.6 is 0 Å². The number of likely N-dealkylation sites (tertiary alicyclic amines) is 1. The lowest BCUT2D eigenvalue weighted by molar-refractivity contribution is 0.0693. The van der Waals surface area contributed by atoms with Gasteiger partial charge in [-0.15, -0.1) is 10.2 Å². The summed E-state index contributed by atoms with van der Waals surface area (Å²) in [4.78, 5) is 18.1. The van der Waals surface area contributed by atoms with E-state index in [2.05, 4.69) is 15.2 Å². The molecule has 2 aromatic heterocycles. The lowest BCUT2D eigenvalue weighted by Crippen LogP contribution is -2.39. The lowest BCUT2D eigenvalue weighted by Gasteiger charge is -2.30. The van der Waals surface area contributed by atoms with Crippen molar-refractivity contribution in [1.29, 1.82) is 0 Å². The molecule has 2 aromatic carbocycles. The highest BCUT2D eigenvalue weighted by Crippen LogP contribution is 2.29. The van der Waals surface area contributed by atoms with Gasteiger partial charge in [-0.05, 0) is 37.1 Å². The van der Waals surface area contributed by atoms with E-state index in [-0.39, 0.29) is 11.8 Å². The Morgan fingerprint density at radius 3 is 2.75 bits per heavy atom. The highest BCUT2D eigenvalue weighted by atomic mass is 16.4. The number of benzene rings is 2. The molecule has 1 aliphatic rings. The molecule has 0 bridgehead atoms. The average Bonchev–Trinajstić information content (AvgIpc) is 3.41. The first kappa shape index (κ1) is 16.7. The number of fused-ring (bicyclic) bond motifs is 1. The molecular formula is C22H20N4O2. The highest BCUT2D eigenvalue weighted by molar-refractivity contribution is 5.98. The van der Waals surface area contributed by atoms with Crippen molar-refractivity contribution >= 4 is 16.8 Å². The number of nitrogens with one attached hydrogen (secondary N) is 1. The number of aromatic amines is 1. The maximum atomic E-state index is 13.0. The number of rotatable bonds is 3. The number of amides is 1. The Balaban J connectivity index is 1.35. The van der Waals surface area contributed by atoms with Crippen LogP contribution in [0, 0.1) is 0 Å². The van der Waals surface area contributed by atoms with Gasteiger partial charge in [-0.1, -0.05) is 36.4 Å². The number of carbonyl (C=O) groups is 1. The molecule has 1 N–H and O–H groups in total. The smallest absolute Gasteiger partial charge is 0.270 e. The van der Waals surface area contributed by atoms with E-state index in [1.807, 2.05) is 65.6 Å². The summed E-state index contributed by atoms with van der Waals surface area (Å²) in [5.74, 6) is 1.21. The van der Waals surface area contributed by atoms with Crippen molar-refractivity contribution in [1.82, 2.24) is 20.1 Å². The van der Waals surface area contributed by atoms with Crippen LogP contribution in [0.3, 0.4) is 0 Å². The molecule has 0 radical (unpaired) electrons. The Labute approximate surface area is 162 Å². The van der Waals surface area contributed by atoms with Gasteiger partial charge in [-0.25, -0.2) is 0 Å². The van der Waals surface area contributed by atoms with Crippen LogP contribution in [0.4, 0.5) is 0 Å². The topological polar surface area (TPSA) is 75.0 Å². The van der Waals surface area contributed by atoms with Crippen molar-refractivity contribution in [2.24, 2.45) is 0 Å². The molecule has 1 saturated heterocycles. The monoisotopic (exact) mass is 372 g/mol. The third kappa shape index (κ3) is 3.07. The molecule has 4 aromatic rings. The van der Waals surface area contributed by atoms with Gasteiger partial charge >= 0.3 is 0 Å². The molecule has 1 aliphatic heterocycles. The van der Waals surface area contributed by atoms with E-state index in [1.165, 1.54) is 0 Å². The number of aromatic nitrogens is 3. The second-order valence-corrected chi connectivity index (χ2v) is 7.17. The SMILES string of the molecule is O=C(c1cc2ccccc2[nH]1)N1CCC[C@@H](c2nnc(-c3ccccc3)o2)C1. The van der Waals surface area contributed by atoms with Crippen molar-refractivity contribution in [3.8, 4) is 11.5 Å². The quantitative estimate of drug-likeness (QED) is 0.584. The lowest BCUT2D eigenvalue weighted by atomic mass is 9.98. The van der Waals surface area contributed by atoms with E-state index in [0.29, 0.717) is 24.0 Å². The van der Waals surface area contributed by atoms with Gasteiger partial charge in [-0.3, -0.25) is 4.79 Å². The largest absolute Gasteiger partial charge is 0.420 e. The molecule has 1 fully saturated rings. The van der Waals surface area contributed by atoms with Crippen LogP contribution in [0.15, 0.2) is 65.1 Å². The van der Waals surface area contributed by atoms with Crippen LogP contribution in [-0.2, 0) is 0 Å². The fraction of sp³-hybridized carbons (Fsp3) is 0.227. The Morgan fingerprint density at radius 2 is 1.89 bits per heavy atom. The molecule has 28 heavy (non-hydrogen) atoms.